The van der Waals surface area contributed by atoms with Gasteiger partial charge in [0.2, 0.25) is 5.95 Å². The number of benzene rings is 1. The molecule has 33 heavy (non-hydrogen) atoms. The maximum Gasteiger partial charge on any atom is 0.325 e. The first-order chi connectivity index (χ1) is 16.0. The summed E-state index contributed by atoms with van der Waals surface area (Å²) < 4.78 is 0. The number of carbonyl (C=O) groups is 1. The molecular weight excluding hydrogens is 416 g/mol. The molecule has 9 nitrogen and oxygen atoms in total. The summed E-state index contributed by atoms with van der Waals surface area (Å²) in [7, 11) is 3.98. The molecule has 2 aromatic rings. The second-order valence-electron chi connectivity index (χ2n) is 9.99. The van der Waals surface area contributed by atoms with Gasteiger partial charge in [0, 0.05) is 67.9 Å². The summed E-state index contributed by atoms with van der Waals surface area (Å²) in [4.78, 5) is 30.7. The normalized spacial score (nSPS) is 27.3. The van der Waals surface area contributed by atoms with E-state index < -0.39 is 0 Å². The van der Waals surface area contributed by atoms with Crippen molar-refractivity contribution in [2.24, 2.45) is 0 Å². The number of amides is 2. The van der Waals surface area contributed by atoms with Crippen LogP contribution in [0.25, 0.3) is 0 Å². The standard InChI is InChI=1S/C24H32N8O/c1-29-9-11-31(12-10-29)19-5-3-18(4-6-19)27-22-25-15-17-16-32(23(33)30(2)21(17)28-22)20-13-24(14-20)7-8-26-24/h3-6,15,20,26H,7-14,16H2,1-2H3,(H,25,27,28). The van der Waals surface area contributed by atoms with Gasteiger partial charge in [-0.05, 0) is 57.1 Å². The number of nitrogens with one attached hydrogen (secondary N) is 2. The lowest BCUT2D eigenvalue weighted by Crippen LogP contribution is -2.70. The van der Waals surface area contributed by atoms with Crippen LogP contribution in [0.1, 0.15) is 24.8 Å². The van der Waals surface area contributed by atoms with Crippen molar-refractivity contribution < 1.29 is 4.79 Å². The van der Waals surface area contributed by atoms with Gasteiger partial charge in [0.25, 0.3) is 0 Å². The third-order valence-electron chi connectivity index (χ3n) is 7.82. The summed E-state index contributed by atoms with van der Waals surface area (Å²) in [5.74, 6) is 1.20. The third kappa shape index (κ3) is 3.69. The molecule has 0 atom stereocenters. The van der Waals surface area contributed by atoms with E-state index in [1.54, 1.807) is 4.90 Å². The number of nitrogens with zero attached hydrogens (tertiary/aromatic N) is 6. The minimum Gasteiger partial charge on any atom is -0.369 e. The number of aromatic nitrogens is 2. The van der Waals surface area contributed by atoms with Crippen molar-refractivity contribution in [2.45, 2.75) is 37.4 Å². The topological polar surface area (TPSA) is 79.9 Å². The van der Waals surface area contributed by atoms with Gasteiger partial charge in [0.05, 0.1) is 6.54 Å². The molecule has 4 aliphatic rings. The van der Waals surface area contributed by atoms with Crippen LogP contribution in [0.15, 0.2) is 30.5 Å². The van der Waals surface area contributed by atoms with Gasteiger partial charge in [-0.3, -0.25) is 4.90 Å². The molecule has 3 fully saturated rings. The highest BCUT2D eigenvalue weighted by Gasteiger charge is 2.52. The maximum atomic E-state index is 13.1. The van der Waals surface area contributed by atoms with Crippen molar-refractivity contribution >= 4 is 29.2 Å². The van der Waals surface area contributed by atoms with Crippen molar-refractivity contribution in [1.29, 1.82) is 0 Å². The summed E-state index contributed by atoms with van der Waals surface area (Å²) in [5, 5.41) is 6.84. The van der Waals surface area contributed by atoms with Gasteiger partial charge in [-0.25, -0.2) is 9.78 Å². The van der Waals surface area contributed by atoms with Crippen molar-refractivity contribution in [2.75, 3.05) is 61.9 Å². The Morgan fingerprint density at radius 2 is 1.82 bits per heavy atom. The zero-order valence-electron chi connectivity index (χ0n) is 19.4. The van der Waals surface area contributed by atoms with Crippen LogP contribution in [0.5, 0.6) is 0 Å². The van der Waals surface area contributed by atoms with Crippen LogP contribution in [0.2, 0.25) is 0 Å². The molecule has 2 amide bonds. The Morgan fingerprint density at radius 1 is 1.09 bits per heavy atom. The summed E-state index contributed by atoms with van der Waals surface area (Å²) >= 11 is 0. The van der Waals surface area contributed by atoms with Crippen LogP contribution >= 0.6 is 0 Å². The highest BCUT2D eigenvalue weighted by atomic mass is 16.2. The van der Waals surface area contributed by atoms with Crippen LogP contribution in [0, 0.1) is 0 Å². The molecule has 9 heteroatoms. The third-order valence-corrected chi connectivity index (χ3v) is 7.82. The van der Waals surface area contributed by atoms with Gasteiger partial charge < -0.3 is 25.3 Å². The van der Waals surface area contributed by atoms with E-state index in [0.29, 0.717) is 29.9 Å². The number of hydrogen-bond donors (Lipinski definition) is 2. The predicted octanol–water partition coefficient (Wildman–Crippen LogP) is 2.24. The average molecular weight is 449 g/mol. The minimum atomic E-state index is 0.0304. The molecule has 1 saturated carbocycles. The van der Waals surface area contributed by atoms with Crippen LogP contribution in [-0.2, 0) is 6.54 Å². The molecular formula is C24H32N8O. The minimum absolute atomic E-state index is 0.0304. The number of anilines is 4. The molecule has 0 bridgehead atoms. The highest BCUT2D eigenvalue weighted by Crippen LogP contribution is 2.44. The molecule has 0 radical (unpaired) electrons. The first-order valence-electron chi connectivity index (χ1n) is 12.0. The van der Waals surface area contributed by atoms with Gasteiger partial charge >= 0.3 is 6.03 Å². The molecule has 1 aromatic heterocycles. The molecule has 2 saturated heterocycles. The Kier molecular flexibility index (Phi) is 4.92. The fourth-order valence-corrected chi connectivity index (χ4v) is 5.52. The zero-order valence-corrected chi connectivity index (χ0v) is 19.4. The molecule has 4 heterocycles. The Balaban J connectivity index is 1.13. The maximum absolute atomic E-state index is 13.1. The Bertz CT molecular complexity index is 1040. The number of piperazine rings is 1. The van der Waals surface area contributed by atoms with Crippen molar-refractivity contribution in [3.05, 3.63) is 36.0 Å². The van der Waals surface area contributed by atoms with E-state index >= 15 is 0 Å². The fraction of sp³-hybridized carbons (Fsp3) is 0.542. The van der Waals surface area contributed by atoms with E-state index in [4.69, 9.17) is 0 Å². The lowest BCUT2D eigenvalue weighted by Gasteiger charge is -2.58. The molecule has 1 aliphatic carbocycles. The van der Waals surface area contributed by atoms with Crippen molar-refractivity contribution in [1.82, 2.24) is 25.1 Å². The second kappa shape index (κ2) is 7.85. The quantitative estimate of drug-likeness (QED) is 0.743. The molecule has 3 aliphatic heterocycles. The van der Waals surface area contributed by atoms with Gasteiger partial charge in [-0.15, -0.1) is 0 Å². The Hall–Kier alpha value is -2.91. The monoisotopic (exact) mass is 448 g/mol. The van der Waals surface area contributed by atoms with E-state index in [1.807, 2.05) is 18.1 Å². The fourth-order valence-electron chi connectivity index (χ4n) is 5.52. The second-order valence-corrected chi connectivity index (χ2v) is 9.99. The molecule has 6 rings (SSSR count). The number of urea groups is 1. The first kappa shape index (κ1) is 20.7. The SMILES string of the molecule is CN1CCN(c2ccc(Nc3ncc4c(n3)N(C)C(=O)N(C3CC5(CCN5)C3)C4)cc2)CC1. The molecule has 1 aromatic carbocycles. The van der Waals surface area contributed by atoms with Gasteiger partial charge in [0.15, 0.2) is 0 Å². The van der Waals surface area contributed by atoms with Gasteiger partial charge in [-0.1, -0.05) is 0 Å². The number of carbonyl (C=O) groups excluding carboxylic acids is 1. The smallest absolute Gasteiger partial charge is 0.325 e. The summed E-state index contributed by atoms with van der Waals surface area (Å²) in [5.41, 5.74) is 3.47. The largest absolute Gasteiger partial charge is 0.369 e. The predicted molar refractivity (Wildman–Crippen MR) is 129 cm³/mol. The summed E-state index contributed by atoms with van der Waals surface area (Å²) in [6.07, 6.45) is 5.18. The number of likely N-dealkylation sites (N-methyl/N-ethyl adjacent to an activating group) is 1. The van der Waals surface area contributed by atoms with Crippen LogP contribution in [0.4, 0.5) is 27.9 Å². The number of hydrogen-bond acceptors (Lipinski definition) is 7. The zero-order chi connectivity index (χ0) is 22.6. The molecule has 2 N–H and O–H groups in total. The van der Waals surface area contributed by atoms with Gasteiger partial charge in [0.1, 0.15) is 5.82 Å². The van der Waals surface area contributed by atoms with E-state index in [2.05, 4.69) is 61.7 Å². The van der Waals surface area contributed by atoms with Crippen LogP contribution in [0.3, 0.4) is 0 Å². The van der Waals surface area contributed by atoms with Crippen molar-refractivity contribution in [3.63, 3.8) is 0 Å². The van der Waals surface area contributed by atoms with E-state index in [1.165, 1.54) is 12.1 Å². The van der Waals surface area contributed by atoms with E-state index in [0.717, 1.165) is 56.8 Å². The molecule has 0 unspecified atom stereocenters. The first-order valence-corrected chi connectivity index (χ1v) is 12.0. The summed E-state index contributed by atoms with van der Waals surface area (Å²) in [6.45, 7) is 5.96. The lowest BCUT2D eigenvalue weighted by molar-refractivity contribution is 0.00940. The Morgan fingerprint density at radius 3 is 2.48 bits per heavy atom. The molecule has 174 valence electrons. The van der Waals surface area contributed by atoms with E-state index in [-0.39, 0.29) is 6.03 Å². The lowest BCUT2D eigenvalue weighted by atomic mass is 9.66. The average Bonchev–Trinajstić information content (AvgIpc) is 2.77. The van der Waals surface area contributed by atoms with Crippen LogP contribution < -0.4 is 20.4 Å². The highest BCUT2D eigenvalue weighted by molar-refractivity contribution is 5.93. The Labute approximate surface area is 194 Å². The summed E-state index contributed by atoms with van der Waals surface area (Å²) in [6, 6.07) is 8.74. The van der Waals surface area contributed by atoms with Crippen LogP contribution in [-0.4, -0.2) is 84.2 Å². The number of fused-ring (bicyclic) bond motifs is 1. The number of rotatable bonds is 4. The van der Waals surface area contributed by atoms with Gasteiger partial charge in [-0.2, -0.15) is 4.98 Å². The molecule has 1 spiro atoms. The van der Waals surface area contributed by atoms with Crippen molar-refractivity contribution in [3.8, 4) is 0 Å². The van der Waals surface area contributed by atoms with E-state index in [9.17, 15) is 4.79 Å².